The van der Waals surface area contributed by atoms with E-state index >= 15 is 0 Å². The number of carbonyl (C=O) groups is 8. The van der Waals surface area contributed by atoms with Crippen LogP contribution in [-0.2, 0) is 63.7 Å². The lowest BCUT2D eigenvalue weighted by molar-refractivity contribution is -0.150. The van der Waals surface area contributed by atoms with E-state index in [4.69, 9.17) is 18.9 Å². The van der Waals surface area contributed by atoms with E-state index in [1.807, 2.05) is 58.0 Å². The molecule has 0 unspecified atom stereocenters. The van der Waals surface area contributed by atoms with E-state index in [2.05, 4.69) is 0 Å². The van der Waals surface area contributed by atoms with Gasteiger partial charge in [0.25, 0.3) is 11.8 Å². The minimum atomic E-state index is -1.05. The zero-order valence-electron chi connectivity index (χ0n) is 42.6. The summed E-state index contributed by atoms with van der Waals surface area (Å²) in [5.74, 6) is -5.31. The topological polar surface area (TPSA) is 207 Å². The highest BCUT2D eigenvalue weighted by Crippen LogP contribution is 2.44. The van der Waals surface area contributed by atoms with E-state index in [0.29, 0.717) is 25.8 Å². The van der Waals surface area contributed by atoms with Gasteiger partial charge < -0.3 is 38.8 Å². The van der Waals surface area contributed by atoms with Gasteiger partial charge >= 0.3 is 5.97 Å². The van der Waals surface area contributed by atoms with Gasteiger partial charge in [0.1, 0.15) is 5.78 Å². The summed E-state index contributed by atoms with van der Waals surface area (Å²) >= 11 is 0. The van der Waals surface area contributed by atoms with Crippen LogP contribution in [0.5, 0.6) is 0 Å². The van der Waals surface area contributed by atoms with Gasteiger partial charge in [0.15, 0.2) is 5.78 Å². The summed E-state index contributed by atoms with van der Waals surface area (Å²) in [6, 6.07) is 7.59. The number of aliphatic carboxylic acids is 1. The molecule has 2 saturated heterocycles. The molecule has 5 amide bonds. The van der Waals surface area contributed by atoms with E-state index in [9.17, 15) is 43.5 Å². The molecule has 4 aliphatic rings. The summed E-state index contributed by atoms with van der Waals surface area (Å²) in [6.07, 6.45) is 5.52. The molecular weight excluding hydrogens is 901 g/mol. The van der Waals surface area contributed by atoms with Gasteiger partial charge in [0.05, 0.1) is 82.1 Å². The van der Waals surface area contributed by atoms with E-state index in [1.54, 1.807) is 28.7 Å². The van der Waals surface area contributed by atoms with Crippen LogP contribution in [-0.4, -0.2) is 169 Å². The molecule has 1 aromatic rings. The first-order valence-corrected chi connectivity index (χ1v) is 25.4. The fraction of sp³-hybridized carbons (Fsp3) is 0.698. The van der Waals surface area contributed by atoms with Crippen LogP contribution in [0.1, 0.15) is 104 Å². The first-order valence-electron chi connectivity index (χ1n) is 25.4. The Morgan fingerprint density at radius 1 is 0.829 bits per heavy atom. The molecule has 5 rings (SSSR count). The molecule has 1 saturated carbocycles. The highest BCUT2D eigenvalue weighted by atomic mass is 16.5. The summed E-state index contributed by atoms with van der Waals surface area (Å²) < 4.78 is 23.2. The van der Waals surface area contributed by atoms with Gasteiger partial charge in [0, 0.05) is 70.7 Å². The highest BCUT2D eigenvalue weighted by molar-refractivity contribution is 6.12. The number of carbonyl (C=O) groups excluding carboxylic acids is 7. The van der Waals surface area contributed by atoms with E-state index < -0.39 is 54.1 Å². The average molecular weight is 979 g/mol. The number of benzene rings is 1. The van der Waals surface area contributed by atoms with Crippen LogP contribution in [0.25, 0.3) is 0 Å². The second kappa shape index (κ2) is 26.6. The molecule has 2 bridgehead atoms. The molecule has 3 aliphatic heterocycles. The summed E-state index contributed by atoms with van der Waals surface area (Å²) in [5.41, 5.74) is 0.829. The normalized spacial score (nSPS) is 22.8. The summed E-state index contributed by atoms with van der Waals surface area (Å²) in [5, 5.41) is 10.0. The van der Waals surface area contributed by atoms with Crippen molar-refractivity contribution < 1.29 is 62.4 Å². The minimum absolute atomic E-state index is 0.0206. The van der Waals surface area contributed by atoms with E-state index in [1.165, 1.54) is 26.4 Å². The van der Waals surface area contributed by atoms with Crippen molar-refractivity contribution in [1.82, 2.24) is 19.6 Å². The predicted molar refractivity (Wildman–Crippen MR) is 259 cm³/mol. The number of ether oxygens (including phenoxy) is 4. The average Bonchev–Trinajstić information content (AvgIpc) is 4.17. The molecule has 3 fully saturated rings. The van der Waals surface area contributed by atoms with Crippen molar-refractivity contribution in [2.24, 2.45) is 35.5 Å². The van der Waals surface area contributed by atoms with Crippen LogP contribution < -0.4 is 0 Å². The van der Waals surface area contributed by atoms with Crippen molar-refractivity contribution in [2.75, 3.05) is 60.8 Å². The first-order chi connectivity index (χ1) is 33.4. The van der Waals surface area contributed by atoms with Crippen molar-refractivity contribution in [3.8, 4) is 0 Å². The number of rotatable bonds is 30. The van der Waals surface area contributed by atoms with E-state index in [0.717, 1.165) is 29.7 Å². The first kappa shape index (κ1) is 56.1. The van der Waals surface area contributed by atoms with Crippen LogP contribution in [0, 0.1) is 35.5 Å². The van der Waals surface area contributed by atoms with Crippen LogP contribution >= 0.6 is 0 Å². The number of carboxylic acids is 1. The number of piperidine rings is 1. The number of likely N-dealkylation sites (tertiary alicyclic amines) is 2. The maximum absolute atomic E-state index is 14.7. The summed E-state index contributed by atoms with van der Waals surface area (Å²) in [4.78, 5) is 113. The SMILES string of the molecule is CC[C@H](C)[C@@H]([C@@H](CC(=O)N1CCC[C@H]1[C@H](OC)[C@@H](C)C(=O)C[C@@H](Cc1ccccc1)C(=O)O)OC)N(C)C(=O)[C@@H](CC(=O)[C@@H]1[C@H]2CC[C@H](C2)N1C(=O)CCOCCOCCN1C(=O)C=CC1=O)C(C)C. The molecule has 1 aromatic carbocycles. The molecule has 11 atom stereocenters. The molecule has 17 nitrogen and oxygen atoms in total. The fourth-order valence-electron chi connectivity index (χ4n) is 11.3. The quantitative estimate of drug-likeness (QED) is 0.0816. The number of methoxy groups -OCH3 is 2. The number of fused-ring (bicyclic) bond motifs is 2. The van der Waals surface area contributed by atoms with E-state index in [-0.39, 0.29) is 130 Å². The highest BCUT2D eigenvalue weighted by Gasteiger charge is 2.52. The third kappa shape index (κ3) is 14.0. The second-order valence-corrected chi connectivity index (χ2v) is 20.1. The van der Waals surface area contributed by atoms with Gasteiger partial charge in [-0.05, 0) is 61.8 Å². The Hall–Kier alpha value is -4.84. The number of nitrogens with zero attached hydrogens (tertiary/aromatic N) is 4. The van der Waals surface area contributed by atoms with Crippen LogP contribution in [0.15, 0.2) is 42.5 Å². The van der Waals surface area contributed by atoms with Gasteiger partial charge in [-0.2, -0.15) is 0 Å². The Morgan fingerprint density at radius 2 is 1.50 bits per heavy atom. The molecule has 70 heavy (non-hydrogen) atoms. The number of likely N-dealkylation sites (N-methyl/N-ethyl adjacent to an activating group) is 1. The standard InChI is InChI=1S/C53H78N4O13/c1-9-34(4)49(44(67-7)32-48(63)55-22-13-16-41(55)51(68-8)35(5)42(58)30-38(53(65)66)28-36-14-11-10-12-15-36)54(6)52(64)40(33(2)3)31-43(59)50-37-17-18-39(29-37)57(50)47(62)21-24-69-26-27-70-25-23-56-45(60)19-20-46(56)61/h10-12,14-15,19-20,33-35,37-41,44,49-51H,9,13,16-18,21-32H2,1-8H3,(H,65,66)/t34-,35-,37-,38+,39+,40-,41-,44+,49-,50-,51+/m0/s1. The molecule has 0 radical (unpaired) electrons. The molecule has 388 valence electrons. The van der Waals surface area contributed by atoms with Gasteiger partial charge in [-0.3, -0.25) is 43.3 Å². The Labute approximate surface area is 413 Å². The Morgan fingerprint density at radius 3 is 2.11 bits per heavy atom. The lowest BCUT2D eigenvalue weighted by Crippen LogP contribution is -2.54. The lowest BCUT2D eigenvalue weighted by atomic mass is 9.83. The van der Waals surface area contributed by atoms with Gasteiger partial charge in [0.2, 0.25) is 17.7 Å². The third-order valence-electron chi connectivity index (χ3n) is 15.4. The smallest absolute Gasteiger partial charge is 0.307 e. The van der Waals surface area contributed by atoms with Crippen molar-refractivity contribution in [1.29, 1.82) is 0 Å². The Bertz CT molecular complexity index is 1990. The molecule has 17 heteroatoms. The molecule has 0 spiro atoms. The molecular formula is C53H78N4O13. The molecule has 1 aliphatic carbocycles. The number of imide groups is 1. The maximum atomic E-state index is 14.7. The fourth-order valence-corrected chi connectivity index (χ4v) is 11.3. The third-order valence-corrected chi connectivity index (χ3v) is 15.4. The van der Waals surface area contributed by atoms with Crippen LogP contribution in [0.3, 0.4) is 0 Å². The van der Waals surface area contributed by atoms with Crippen LogP contribution in [0.4, 0.5) is 0 Å². The van der Waals surface area contributed by atoms with Crippen molar-refractivity contribution in [2.45, 2.75) is 142 Å². The second-order valence-electron chi connectivity index (χ2n) is 20.1. The zero-order valence-corrected chi connectivity index (χ0v) is 42.6. The number of ketones is 2. The number of amides is 5. The van der Waals surface area contributed by atoms with Gasteiger partial charge in [-0.25, -0.2) is 0 Å². The largest absolute Gasteiger partial charge is 0.481 e. The van der Waals surface area contributed by atoms with Crippen molar-refractivity contribution in [3.05, 3.63) is 48.0 Å². The number of carboxylic acid groups (broad SMARTS) is 1. The summed E-state index contributed by atoms with van der Waals surface area (Å²) in [7, 11) is 4.76. The van der Waals surface area contributed by atoms with Gasteiger partial charge in [-0.1, -0.05) is 71.4 Å². The minimum Gasteiger partial charge on any atom is -0.481 e. The Kier molecular flexibility index (Phi) is 21.3. The lowest BCUT2D eigenvalue weighted by Gasteiger charge is -2.41. The molecule has 3 heterocycles. The summed E-state index contributed by atoms with van der Waals surface area (Å²) in [6.45, 7) is 10.9. The predicted octanol–water partition coefficient (Wildman–Crippen LogP) is 4.77. The zero-order chi connectivity index (χ0) is 51.2. The molecule has 0 aromatic heterocycles. The number of Topliss-reactive ketones (excluding diaryl/α,β-unsaturated/α-hetero) is 2. The van der Waals surface area contributed by atoms with Gasteiger partial charge in [-0.15, -0.1) is 0 Å². The monoisotopic (exact) mass is 979 g/mol. The van der Waals surface area contributed by atoms with Crippen molar-refractivity contribution in [3.63, 3.8) is 0 Å². The number of hydrogen-bond acceptors (Lipinski definition) is 12. The van der Waals surface area contributed by atoms with Crippen molar-refractivity contribution >= 4 is 47.1 Å². The molecule has 1 N–H and O–H groups in total. The Balaban J connectivity index is 1.18. The van der Waals surface area contributed by atoms with Crippen LogP contribution in [0.2, 0.25) is 0 Å². The number of hydrogen-bond donors (Lipinski definition) is 1. The maximum Gasteiger partial charge on any atom is 0.307 e.